The lowest BCUT2D eigenvalue weighted by Gasteiger charge is -2.67. The fraction of sp³-hybridized carbons (Fsp3) is 0.524. The van der Waals surface area contributed by atoms with Gasteiger partial charge < -0.3 is 15.0 Å². The Balaban J connectivity index is 1.68. The number of methoxy groups -OCH3 is 1. The first-order valence-electron chi connectivity index (χ1n) is 9.53. The van der Waals surface area contributed by atoms with Gasteiger partial charge in [0, 0.05) is 23.1 Å². The van der Waals surface area contributed by atoms with Crippen molar-refractivity contribution in [1.82, 2.24) is 4.90 Å². The van der Waals surface area contributed by atoms with Crippen molar-refractivity contribution in [3.8, 4) is 0 Å². The molecular formula is C21H22N2O3. The smallest absolute Gasteiger partial charge is 0.311 e. The maximum Gasteiger partial charge on any atom is 0.311 e. The van der Waals surface area contributed by atoms with E-state index in [1.807, 2.05) is 6.07 Å². The van der Waals surface area contributed by atoms with E-state index in [9.17, 15) is 9.59 Å². The molecule has 0 unspecified atom stereocenters. The van der Waals surface area contributed by atoms with E-state index >= 15 is 0 Å². The second kappa shape index (κ2) is 4.33. The van der Waals surface area contributed by atoms with Crippen molar-refractivity contribution in [2.45, 2.75) is 42.7 Å². The third-order valence-corrected chi connectivity index (χ3v) is 8.12. The van der Waals surface area contributed by atoms with Crippen LogP contribution in [0.25, 0.3) is 0 Å². The van der Waals surface area contributed by atoms with Gasteiger partial charge in [0.1, 0.15) is 0 Å². The summed E-state index contributed by atoms with van der Waals surface area (Å²) in [4.78, 5) is 27.6. The predicted octanol–water partition coefficient (Wildman–Crippen LogP) is 2.23. The van der Waals surface area contributed by atoms with Gasteiger partial charge in [0.15, 0.2) is 0 Å². The molecule has 1 N–H and O–H groups in total. The summed E-state index contributed by atoms with van der Waals surface area (Å²) in [6.07, 6.45) is 7.48. The number of fused-ring (bicyclic) bond motifs is 3. The minimum absolute atomic E-state index is 0.119. The molecule has 134 valence electrons. The highest BCUT2D eigenvalue weighted by Gasteiger charge is 2.79. The molecule has 3 saturated carbocycles. The molecule has 6 aliphatic rings. The Labute approximate surface area is 152 Å². The van der Waals surface area contributed by atoms with Crippen LogP contribution in [0.2, 0.25) is 0 Å². The number of ether oxygens (including phenoxy) is 1. The second-order valence-electron chi connectivity index (χ2n) is 8.64. The number of anilines is 1. The minimum Gasteiger partial charge on any atom is -0.469 e. The van der Waals surface area contributed by atoms with Crippen LogP contribution in [0.5, 0.6) is 0 Å². The topological polar surface area (TPSA) is 58.6 Å². The normalized spacial score (nSPS) is 43.6. The van der Waals surface area contributed by atoms with Crippen LogP contribution in [0.4, 0.5) is 5.69 Å². The average Bonchev–Trinajstić information content (AvgIpc) is 3.23. The van der Waals surface area contributed by atoms with Gasteiger partial charge in [-0.2, -0.15) is 0 Å². The Bertz CT molecular complexity index is 895. The number of nitrogens with zero attached hydrogens (tertiary/aromatic N) is 1. The molecule has 3 aliphatic heterocycles. The first-order valence-corrected chi connectivity index (χ1v) is 9.53. The predicted molar refractivity (Wildman–Crippen MR) is 95.5 cm³/mol. The van der Waals surface area contributed by atoms with Gasteiger partial charge in [-0.1, -0.05) is 24.3 Å². The lowest BCUT2D eigenvalue weighted by atomic mass is 9.40. The van der Waals surface area contributed by atoms with Crippen LogP contribution in [0.15, 0.2) is 36.4 Å². The fourth-order valence-electron chi connectivity index (χ4n) is 7.38. The third kappa shape index (κ3) is 1.30. The zero-order valence-electron chi connectivity index (χ0n) is 14.8. The fourth-order valence-corrected chi connectivity index (χ4v) is 7.38. The van der Waals surface area contributed by atoms with Crippen molar-refractivity contribution in [1.29, 1.82) is 0 Å². The lowest BCUT2D eigenvalue weighted by molar-refractivity contribution is -0.164. The molecule has 7 rings (SSSR count). The number of nitrogens with one attached hydrogen (secondary N) is 1. The molecule has 3 aliphatic carbocycles. The van der Waals surface area contributed by atoms with Gasteiger partial charge in [-0.15, -0.1) is 0 Å². The number of rotatable bonds is 1. The summed E-state index contributed by atoms with van der Waals surface area (Å²) < 4.78 is 5.26. The summed E-state index contributed by atoms with van der Waals surface area (Å²) in [7, 11) is 1.49. The Morgan fingerprint density at radius 3 is 2.96 bits per heavy atom. The van der Waals surface area contributed by atoms with Crippen LogP contribution < -0.4 is 5.32 Å². The quantitative estimate of drug-likeness (QED) is 0.789. The largest absolute Gasteiger partial charge is 0.469 e. The van der Waals surface area contributed by atoms with Gasteiger partial charge in [-0.05, 0) is 43.4 Å². The molecule has 26 heavy (non-hydrogen) atoms. The molecule has 1 aromatic rings. The van der Waals surface area contributed by atoms with Crippen molar-refractivity contribution in [3.05, 3.63) is 42.0 Å². The monoisotopic (exact) mass is 350 g/mol. The molecule has 1 saturated heterocycles. The van der Waals surface area contributed by atoms with Crippen molar-refractivity contribution < 1.29 is 14.3 Å². The maximum absolute atomic E-state index is 12.9. The zero-order chi connectivity index (χ0) is 17.7. The van der Waals surface area contributed by atoms with E-state index in [1.54, 1.807) is 6.08 Å². The summed E-state index contributed by atoms with van der Waals surface area (Å²) in [5, 5.41) is 3.80. The maximum atomic E-state index is 12.9. The van der Waals surface area contributed by atoms with Crippen molar-refractivity contribution >= 4 is 17.6 Å². The van der Waals surface area contributed by atoms with Gasteiger partial charge in [0.2, 0.25) is 5.91 Å². The highest BCUT2D eigenvalue weighted by atomic mass is 16.5. The van der Waals surface area contributed by atoms with Gasteiger partial charge in [0.05, 0.1) is 24.6 Å². The summed E-state index contributed by atoms with van der Waals surface area (Å²) in [5.74, 6) is -0.187. The van der Waals surface area contributed by atoms with E-state index in [4.69, 9.17) is 4.74 Å². The summed E-state index contributed by atoms with van der Waals surface area (Å²) in [5.41, 5.74) is 1.73. The number of carbonyl (C=O) groups is 2. The van der Waals surface area contributed by atoms with Crippen LogP contribution in [0.3, 0.4) is 0 Å². The van der Waals surface area contributed by atoms with Gasteiger partial charge in [0.25, 0.3) is 0 Å². The van der Waals surface area contributed by atoms with Crippen molar-refractivity contribution in [3.63, 3.8) is 0 Å². The second-order valence-corrected chi connectivity index (χ2v) is 8.64. The summed E-state index contributed by atoms with van der Waals surface area (Å²) >= 11 is 0. The summed E-state index contributed by atoms with van der Waals surface area (Å²) in [6, 6.07) is 8.59. The number of amides is 1. The average molecular weight is 350 g/mol. The molecule has 3 spiro atoms. The molecule has 2 bridgehead atoms. The Morgan fingerprint density at radius 2 is 2.12 bits per heavy atom. The number of para-hydroxylation sites is 1. The first-order chi connectivity index (χ1) is 12.6. The highest BCUT2D eigenvalue weighted by molar-refractivity contribution is 5.91. The molecule has 3 heterocycles. The van der Waals surface area contributed by atoms with E-state index in [0.29, 0.717) is 0 Å². The van der Waals surface area contributed by atoms with Gasteiger partial charge in [-0.3, -0.25) is 9.59 Å². The number of hydrogen-bond donors (Lipinski definition) is 1. The number of esters is 1. The zero-order valence-corrected chi connectivity index (χ0v) is 14.8. The first kappa shape index (κ1) is 14.8. The Kier molecular flexibility index (Phi) is 2.47. The molecule has 5 nitrogen and oxygen atoms in total. The third-order valence-electron chi connectivity index (χ3n) is 8.12. The Morgan fingerprint density at radius 1 is 1.27 bits per heavy atom. The molecule has 5 heteroatoms. The van der Waals surface area contributed by atoms with Crippen molar-refractivity contribution in [2.75, 3.05) is 19.0 Å². The number of benzene rings is 1. The lowest BCUT2D eigenvalue weighted by Crippen LogP contribution is -2.76. The molecule has 4 fully saturated rings. The van der Waals surface area contributed by atoms with Crippen LogP contribution in [-0.2, 0) is 19.7 Å². The molecular weight excluding hydrogens is 328 g/mol. The highest BCUT2D eigenvalue weighted by Crippen LogP contribution is 2.73. The standard InChI is InChI=1S/C21H22N2O3/c1-26-17(25)14-12-19-7-6-16(24)23-11-10-20(18(19)23)13-4-2-3-5-15(13)22-21(14,20)9-8-19/h2-7,14,18,22H,8-12H2,1H3/t14-,18+,19+,20-,21-/m0/s1. The van der Waals surface area contributed by atoms with Crippen LogP contribution in [0, 0.1) is 11.3 Å². The van der Waals surface area contributed by atoms with E-state index in [1.165, 1.54) is 12.7 Å². The molecule has 5 atom stereocenters. The molecule has 1 aromatic carbocycles. The van der Waals surface area contributed by atoms with Crippen LogP contribution >= 0.6 is 0 Å². The van der Waals surface area contributed by atoms with E-state index in [2.05, 4.69) is 34.5 Å². The number of hydrogen-bond acceptors (Lipinski definition) is 4. The summed E-state index contributed by atoms with van der Waals surface area (Å²) in [6.45, 7) is 0.765. The Hall–Kier alpha value is -2.30. The minimum atomic E-state index is -0.351. The number of carbonyl (C=O) groups excluding carboxylic acids is 2. The van der Waals surface area contributed by atoms with Gasteiger partial charge >= 0.3 is 5.97 Å². The van der Waals surface area contributed by atoms with Crippen molar-refractivity contribution in [2.24, 2.45) is 11.3 Å². The SMILES string of the molecule is COC(=O)[C@@H]1C[C@@]23C=CC(=O)N4CC[C@]5(c6ccccc6N[C@@]15CC2)[C@H]43. The molecule has 0 radical (unpaired) electrons. The van der Waals surface area contributed by atoms with E-state index in [-0.39, 0.29) is 40.2 Å². The van der Waals surface area contributed by atoms with Crippen LogP contribution in [0.1, 0.15) is 31.2 Å². The molecule has 1 amide bonds. The van der Waals surface area contributed by atoms with E-state index in [0.717, 1.165) is 37.9 Å². The van der Waals surface area contributed by atoms with E-state index < -0.39 is 0 Å². The molecule has 0 aromatic heterocycles. The van der Waals surface area contributed by atoms with Crippen LogP contribution in [-0.4, -0.2) is 42.0 Å². The van der Waals surface area contributed by atoms with Gasteiger partial charge in [-0.25, -0.2) is 0 Å².